The van der Waals surface area contributed by atoms with Gasteiger partial charge in [0.15, 0.2) is 17.2 Å². The van der Waals surface area contributed by atoms with E-state index in [0.29, 0.717) is 23.2 Å². The zero-order chi connectivity index (χ0) is 40.0. The second-order valence-corrected chi connectivity index (χ2v) is 17.2. The third-order valence-electron chi connectivity index (χ3n) is 9.67. The van der Waals surface area contributed by atoms with Crippen LogP contribution in [0.3, 0.4) is 0 Å². The number of aliphatic hydroxyl groups is 1. The number of ether oxygens (including phenoxy) is 4. The van der Waals surface area contributed by atoms with Crippen molar-refractivity contribution in [3.63, 3.8) is 0 Å². The second kappa shape index (κ2) is 15.2. The molecule has 1 aromatic heterocycles. The summed E-state index contributed by atoms with van der Waals surface area (Å²) in [7, 11) is -11.4. The topological polar surface area (TPSA) is 272 Å². The van der Waals surface area contributed by atoms with Crippen LogP contribution in [0.2, 0.25) is 0 Å². The van der Waals surface area contributed by atoms with Crippen molar-refractivity contribution in [2.45, 2.75) is 62.4 Å². The van der Waals surface area contributed by atoms with Gasteiger partial charge in [0, 0.05) is 55.3 Å². The Labute approximate surface area is 311 Å². The average molecular weight is 814 g/mol. The van der Waals surface area contributed by atoms with Gasteiger partial charge in [-0.3, -0.25) is 18.8 Å². The normalized spacial score (nSPS) is 18.8. The highest BCUT2D eigenvalue weighted by molar-refractivity contribution is 7.70. The van der Waals surface area contributed by atoms with Crippen LogP contribution >= 0.6 is 15.2 Å². The van der Waals surface area contributed by atoms with E-state index in [4.69, 9.17) is 14.2 Å². The summed E-state index contributed by atoms with van der Waals surface area (Å²) in [5.74, 6) is -2.63. The van der Waals surface area contributed by atoms with E-state index in [1.807, 2.05) is 11.8 Å². The number of carboxylic acid groups (broad SMARTS) is 1. The summed E-state index contributed by atoms with van der Waals surface area (Å²) < 4.78 is 61.5. The van der Waals surface area contributed by atoms with Gasteiger partial charge in [0.05, 0.1) is 24.4 Å². The number of benzene rings is 2. The fourth-order valence-corrected chi connectivity index (χ4v) is 8.69. The van der Waals surface area contributed by atoms with Crippen molar-refractivity contribution < 1.29 is 76.6 Å². The number of piperidine rings is 1. The second-order valence-electron chi connectivity index (χ2n) is 13.5. The van der Waals surface area contributed by atoms with Crippen LogP contribution in [0.25, 0.3) is 10.9 Å². The predicted molar refractivity (Wildman–Crippen MR) is 189 cm³/mol. The molecule has 0 bridgehead atoms. The summed E-state index contributed by atoms with van der Waals surface area (Å²) in [5.41, 5.74) is -3.82. The van der Waals surface area contributed by atoms with Crippen LogP contribution < -0.4 is 20.0 Å². The number of amides is 1. The van der Waals surface area contributed by atoms with Gasteiger partial charge in [-0.05, 0) is 49.1 Å². The number of aryl methyl sites for hydroxylation is 1. The minimum Gasteiger partial charge on any atom is -0.486 e. The Morgan fingerprint density at radius 3 is 2.27 bits per heavy atom. The van der Waals surface area contributed by atoms with Gasteiger partial charge >= 0.3 is 39.0 Å². The van der Waals surface area contributed by atoms with Crippen molar-refractivity contribution in [1.82, 2.24) is 4.57 Å². The van der Waals surface area contributed by atoms with Crippen molar-refractivity contribution in [3.05, 3.63) is 63.7 Å². The lowest BCUT2D eigenvalue weighted by Crippen LogP contribution is -2.51. The van der Waals surface area contributed by atoms with E-state index < -0.39 is 75.2 Å². The minimum absolute atomic E-state index is 0.00769. The maximum Gasteiger partial charge on any atom is 0.510 e. The molecule has 19 nitrogen and oxygen atoms in total. The number of aromatic carboxylic acids is 1. The van der Waals surface area contributed by atoms with Gasteiger partial charge in [0.2, 0.25) is 5.43 Å². The first-order valence-corrected chi connectivity index (χ1v) is 20.4. The third-order valence-corrected chi connectivity index (χ3v) is 12.8. The fraction of sp³-hybridized carbons (Fsp3) is 0.455. The first kappa shape index (κ1) is 40.1. The molecule has 3 fully saturated rings. The number of cyclic esters (lactones) is 1. The molecule has 3 heterocycles. The third kappa shape index (κ3) is 8.50. The number of nitrogens with zero attached hydrogens (tertiary/aromatic N) is 3. The maximum absolute atomic E-state index is 15.3. The number of aliphatic hydroxyl groups excluding tert-OH is 1. The number of halogens is 1. The molecule has 1 aliphatic carbocycles. The minimum atomic E-state index is -5.70. The van der Waals surface area contributed by atoms with Crippen molar-refractivity contribution in [3.8, 4) is 5.75 Å². The van der Waals surface area contributed by atoms with Crippen LogP contribution in [0.5, 0.6) is 5.75 Å². The SMILES string of the molecule is CCc1cc2c(=O)c(C(=O)O)cn(C3CC3)c2cc1N1CCC(COc2ccc(N3C[C@H](CO)OC3=O)cc2F)(OC(=O)OC(P(=O)(O)O)P(=O)(O)O)CC1. The highest BCUT2D eigenvalue weighted by Gasteiger charge is 2.49. The molecule has 2 aliphatic heterocycles. The van der Waals surface area contributed by atoms with E-state index in [1.54, 1.807) is 16.7 Å². The van der Waals surface area contributed by atoms with E-state index in [2.05, 4.69) is 4.74 Å². The Bertz CT molecular complexity index is 2150. The number of carbonyl (C=O) groups excluding carboxylic acids is 2. The Kier molecular flexibility index (Phi) is 11.1. The molecule has 6 rings (SSSR count). The summed E-state index contributed by atoms with van der Waals surface area (Å²) in [6.07, 6.45) is -0.240. The molecule has 3 aliphatic rings. The van der Waals surface area contributed by atoms with Crippen molar-refractivity contribution >= 4 is 55.7 Å². The van der Waals surface area contributed by atoms with Crippen LogP contribution in [-0.2, 0) is 29.8 Å². The molecule has 0 spiro atoms. The molecule has 6 N–H and O–H groups in total. The molecular formula is C33H38FN3O16P2. The lowest BCUT2D eigenvalue weighted by Gasteiger charge is -2.42. The van der Waals surface area contributed by atoms with Gasteiger partial charge in [-0.15, -0.1) is 0 Å². The largest absolute Gasteiger partial charge is 0.510 e. The van der Waals surface area contributed by atoms with Gasteiger partial charge < -0.3 is 58.2 Å². The van der Waals surface area contributed by atoms with E-state index in [1.165, 1.54) is 18.3 Å². The Balaban J connectivity index is 1.28. The zero-order valence-corrected chi connectivity index (χ0v) is 30.9. The standard InChI is InChI=1S/C33H38FN3O16P2/c1-2-18-11-22-26(36(19-3-4-19)15-23(28(22)39)29(40)41)13-25(18)35-9-7-33(8-10-35,53-31(43)52-32(54(44,45)46)55(47,48)49)17-50-27-6-5-20(12-24(27)34)37-14-21(16-38)51-30(37)42/h5-6,11-13,15,19,21,32,38H,2-4,7-10,14,16-17H2,1H3,(H,40,41)(H2,44,45,46)(H2,47,48,49)/t21-/m1/s1. The number of fused-ring (bicyclic) bond motifs is 1. The number of carbonyl (C=O) groups is 3. The smallest absolute Gasteiger partial charge is 0.486 e. The highest BCUT2D eigenvalue weighted by Crippen LogP contribution is 2.60. The maximum atomic E-state index is 15.3. The van der Waals surface area contributed by atoms with Gasteiger partial charge in [-0.2, -0.15) is 0 Å². The zero-order valence-electron chi connectivity index (χ0n) is 29.1. The molecule has 0 radical (unpaired) electrons. The number of carboxylic acids is 1. The van der Waals surface area contributed by atoms with Crippen molar-refractivity contribution in [2.75, 3.05) is 42.6 Å². The van der Waals surface area contributed by atoms with E-state index >= 15 is 4.39 Å². The van der Waals surface area contributed by atoms with Gasteiger partial charge in [0.1, 0.15) is 18.3 Å². The van der Waals surface area contributed by atoms with Gasteiger partial charge in [-0.25, -0.2) is 18.8 Å². The van der Waals surface area contributed by atoms with Crippen LogP contribution in [0.15, 0.2) is 41.3 Å². The summed E-state index contributed by atoms with van der Waals surface area (Å²) in [6.45, 7) is 1.03. The molecule has 1 atom stereocenters. The van der Waals surface area contributed by atoms with Crippen LogP contribution in [0.1, 0.15) is 54.6 Å². The van der Waals surface area contributed by atoms with Gasteiger partial charge in [0.25, 0.3) is 0 Å². The van der Waals surface area contributed by atoms with E-state index in [0.717, 1.165) is 23.8 Å². The summed E-state index contributed by atoms with van der Waals surface area (Å²) in [4.78, 5) is 91.2. The monoisotopic (exact) mass is 813 g/mol. The molecule has 2 saturated heterocycles. The summed E-state index contributed by atoms with van der Waals surface area (Å²) >= 11 is 0. The summed E-state index contributed by atoms with van der Waals surface area (Å²) in [6, 6.07) is 6.98. The molecule has 3 aromatic rings. The number of aromatic nitrogens is 1. The molecule has 0 unspecified atom stereocenters. The number of anilines is 2. The van der Waals surface area contributed by atoms with Gasteiger partial charge in [-0.1, -0.05) is 6.92 Å². The Morgan fingerprint density at radius 1 is 1.05 bits per heavy atom. The predicted octanol–water partition coefficient (Wildman–Crippen LogP) is 3.26. The van der Waals surface area contributed by atoms with Crippen LogP contribution in [0.4, 0.5) is 25.4 Å². The molecule has 1 amide bonds. The number of rotatable bonds is 13. The van der Waals surface area contributed by atoms with Crippen molar-refractivity contribution in [1.29, 1.82) is 0 Å². The van der Waals surface area contributed by atoms with Crippen LogP contribution in [-0.4, -0.2) is 103 Å². The summed E-state index contributed by atoms with van der Waals surface area (Å²) in [5, 5.41) is 19.3. The number of pyridine rings is 1. The quantitative estimate of drug-likeness (QED) is 0.107. The van der Waals surface area contributed by atoms with E-state index in [9.17, 15) is 58.1 Å². The molecular weight excluding hydrogens is 775 g/mol. The molecule has 298 valence electrons. The molecule has 22 heteroatoms. The number of hydrogen-bond donors (Lipinski definition) is 6. The Hall–Kier alpha value is -4.55. The Morgan fingerprint density at radius 2 is 1.73 bits per heavy atom. The first-order chi connectivity index (χ1) is 25.8. The fourth-order valence-electron chi connectivity index (χ4n) is 6.68. The average Bonchev–Trinajstić information content (AvgIpc) is 3.89. The lowest BCUT2D eigenvalue weighted by molar-refractivity contribution is -0.0717. The first-order valence-electron chi connectivity index (χ1n) is 17.1. The lowest BCUT2D eigenvalue weighted by atomic mass is 9.90. The number of hydrogen-bond acceptors (Lipinski definition) is 12. The van der Waals surface area contributed by atoms with Crippen LogP contribution in [0, 0.1) is 5.82 Å². The molecule has 55 heavy (non-hydrogen) atoms. The van der Waals surface area contributed by atoms with Crippen molar-refractivity contribution in [2.24, 2.45) is 0 Å². The van der Waals surface area contributed by atoms with E-state index in [-0.39, 0.29) is 60.9 Å². The highest BCUT2D eigenvalue weighted by atomic mass is 31.2. The molecule has 1 saturated carbocycles. The molecule has 2 aromatic carbocycles.